The Kier molecular flexibility index (Phi) is 16.5. The summed E-state index contributed by atoms with van der Waals surface area (Å²) in [6.45, 7) is 4.48. The van der Waals surface area contributed by atoms with Crippen LogP contribution in [0.1, 0.15) is 58.8 Å². The predicted octanol–water partition coefficient (Wildman–Crippen LogP) is 4.73. The van der Waals surface area contributed by atoms with E-state index in [2.05, 4.69) is 26.0 Å². The molecular formula is C11H23Cl. The largest absolute Gasteiger partial charge is 0.147 e. The molecular weight excluding hydrogens is 168 g/mol. The first-order valence-electron chi connectivity index (χ1n) is 5.06. The molecule has 0 unspecified atom stereocenters. The summed E-state index contributed by atoms with van der Waals surface area (Å²) in [4.78, 5) is 0. The van der Waals surface area contributed by atoms with Gasteiger partial charge in [0, 0.05) is 0 Å². The summed E-state index contributed by atoms with van der Waals surface area (Å²) in [5.74, 6) is 0. The fourth-order valence-corrected chi connectivity index (χ4v) is 1.09. The van der Waals surface area contributed by atoms with Crippen molar-refractivity contribution in [1.82, 2.24) is 0 Å². The molecule has 0 aromatic heterocycles. The highest BCUT2D eigenvalue weighted by atomic mass is 35.5. The van der Waals surface area contributed by atoms with Gasteiger partial charge in [-0.25, -0.2) is 0 Å². The molecule has 0 aliphatic rings. The summed E-state index contributed by atoms with van der Waals surface area (Å²) in [6.07, 6.45) is 14.0. The average molecular weight is 191 g/mol. The number of allylic oxidation sites excluding steroid dienone is 2. The molecule has 0 amide bonds. The van der Waals surface area contributed by atoms with Crippen LogP contribution in [0.3, 0.4) is 0 Å². The zero-order chi connectivity index (χ0) is 8.36. The molecule has 0 N–H and O–H groups in total. The van der Waals surface area contributed by atoms with Crippen LogP contribution in [0.2, 0.25) is 0 Å². The topological polar surface area (TPSA) is 0 Å². The Hall–Kier alpha value is 0.0300. The second-order valence-electron chi connectivity index (χ2n) is 3.11. The minimum atomic E-state index is 0. The lowest BCUT2D eigenvalue weighted by Crippen LogP contribution is -1.73. The normalized spacial score (nSPS) is 10.2. The van der Waals surface area contributed by atoms with Crippen molar-refractivity contribution in [2.24, 2.45) is 0 Å². The Bertz CT molecular complexity index is 87.0. The zero-order valence-electron chi connectivity index (χ0n) is 8.51. The Morgan fingerprint density at radius 1 is 0.750 bits per heavy atom. The van der Waals surface area contributed by atoms with Crippen LogP contribution < -0.4 is 0 Å². The van der Waals surface area contributed by atoms with Crippen molar-refractivity contribution in [3.05, 3.63) is 12.2 Å². The van der Waals surface area contributed by atoms with Crippen molar-refractivity contribution in [3.8, 4) is 0 Å². The van der Waals surface area contributed by atoms with E-state index in [0.717, 1.165) is 0 Å². The first-order valence-corrected chi connectivity index (χ1v) is 5.06. The molecule has 0 bridgehead atoms. The van der Waals surface area contributed by atoms with Crippen LogP contribution in [0.15, 0.2) is 12.2 Å². The maximum atomic E-state index is 2.33. The van der Waals surface area contributed by atoms with Gasteiger partial charge in [-0.1, -0.05) is 51.7 Å². The van der Waals surface area contributed by atoms with Gasteiger partial charge in [-0.15, -0.1) is 12.4 Å². The number of unbranched alkanes of at least 4 members (excludes halogenated alkanes) is 5. The van der Waals surface area contributed by atoms with Crippen LogP contribution in [-0.2, 0) is 0 Å². The lowest BCUT2D eigenvalue weighted by atomic mass is 10.1. The Morgan fingerprint density at radius 2 is 1.42 bits per heavy atom. The Morgan fingerprint density at radius 3 is 2.00 bits per heavy atom. The molecule has 1 heteroatoms. The van der Waals surface area contributed by atoms with E-state index in [-0.39, 0.29) is 12.4 Å². The number of hydrogen-bond acceptors (Lipinski definition) is 0. The van der Waals surface area contributed by atoms with Gasteiger partial charge in [0.25, 0.3) is 0 Å². The molecule has 0 saturated carbocycles. The summed E-state index contributed by atoms with van der Waals surface area (Å²) < 4.78 is 0. The molecule has 0 rings (SSSR count). The van der Waals surface area contributed by atoms with E-state index in [4.69, 9.17) is 0 Å². The fraction of sp³-hybridized carbons (Fsp3) is 0.818. The second-order valence-corrected chi connectivity index (χ2v) is 3.11. The van der Waals surface area contributed by atoms with Gasteiger partial charge in [0.1, 0.15) is 0 Å². The molecule has 0 aliphatic carbocycles. The van der Waals surface area contributed by atoms with Gasteiger partial charge >= 0.3 is 0 Å². The van der Waals surface area contributed by atoms with Gasteiger partial charge in [-0.05, 0) is 19.3 Å². The van der Waals surface area contributed by atoms with E-state index >= 15 is 0 Å². The fourth-order valence-electron chi connectivity index (χ4n) is 1.09. The maximum absolute atomic E-state index is 2.33. The SMILES string of the molecule is CCCC=CCCCCCC.Cl. The molecule has 0 spiro atoms. The first kappa shape index (κ1) is 14.5. The van der Waals surface area contributed by atoms with E-state index < -0.39 is 0 Å². The maximum Gasteiger partial charge on any atom is -0.0351 e. The van der Waals surface area contributed by atoms with Crippen molar-refractivity contribution in [3.63, 3.8) is 0 Å². The van der Waals surface area contributed by atoms with Gasteiger partial charge in [0.05, 0.1) is 0 Å². The summed E-state index contributed by atoms with van der Waals surface area (Å²) >= 11 is 0. The van der Waals surface area contributed by atoms with Gasteiger partial charge in [0.15, 0.2) is 0 Å². The Balaban J connectivity index is 0. The van der Waals surface area contributed by atoms with E-state index in [9.17, 15) is 0 Å². The van der Waals surface area contributed by atoms with E-state index in [1.54, 1.807) is 0 Å². The van der Waals surface area contributed by atoms with Gasteiger partial charge in [-0.2, -0.15) is 0 Å². The van der Waals surface area contributed by atoms with Crippen molar-refractivity contribution in [1.29, 1.82) is 0 Å². The Labute approximate surface area is 83.9 Å². The summed E-state index contributed by atoms with van der Waals surface area (Å²) in [5, 5.41) is 0. The summed E-state index contributed by atoms with van der Waals surface area (Å²) in [7, 11) is 0. The van der Waals surface area contributed by atoms with E-state index in [0.29, 0.717) is 0 Å². The summed E-state index contributed by atoms with van der Waals surface area (Å²) in [5.41, 5.74) is 0. The van der Waals surface area contributed by atoms with Crippen molar-refractivity contribution >= 4 is 12.4 Å². The quantitative estimate of drug-likeness (QED) is 0.402. The molecule has 12 heavy (non-hydrogen) atoms. The number of halogens is 1. The van der Waals surface area contributed by atoms with Crippen LogP contribution >= 0.6 is 12.4 Å². The van der Waals surface area contributed by atoms with Gasteiger partial charge in [0.2, 0.25) is 0 Å². The van der Waals surface area contributed by atoms with Crippen LogP contribution in [0.5, 0.6) is 0 Å². The molecule has 0 radical (unpaired) electrons. The number of hydrogen-bond donors (Lipinski definition) is 0. The van der Waals surface area contributed by atoms with Crippen LogP contribution in [0, 0.1) is 0 Å². The zero-order valence-corrected chi connectivity index (χ0v) is 9.33. The highest BCUT2D eigenvalue weighted by molar-refractivity contribution is 5.85. The van der Waals surface area contributed by atoms with Gasteiger partial charge in [-0.3, -0.25) is 0 Å². The van der Waals surface area contributed by atoms with Crippen LogP contribution in [0.25, 0.3) is 0 Å². The van der Waals surface area contributed by atoms with Crippen molar-refractivity contribution in [2.75, 3.05) is 0 Å². The molecule has 0 aromatic carbocycles. The lowest BCUT2D eigenvalue weighted by Gasteiger charge is -1.93. The molecule has 0 fully saturated rings. The molecule has 0 heterocycles. The lowest BCUT2D eigenvalue weighted by molar-refractivity contribution is 0.673. The van der Waals surface area contributed by atoms with Crippen LogP contribution in [0.4, 0.5) is 0 Å². The molecule has 0 aliphatic heterocycles. The number of rotatable bonds is 7. The highest BCUT2D eigenvalue weighted by Gasteiger charge is 1.83. The predicted molar refractivity (Wildman–Crippen MR) is 60.1 cm³/mol. The third-order valence-corrected chi connectivity index (χ3v) is 1.85. The highest BCUT2D eigenvalue weighted by Crippen LogP contribution is 2.03. The van der Waals surface area contributed by atoms with Crippen molar-refractivity contribution < 1.29 is 0 Å². The van der Waals surface area contributed by atoms with Crippen LogP contribution in [-0.4, -0.2) is 0 Å². The smallest absolute Gasteiger partial charge is 0.0351 e. The summed E-state index contributed by atoms with van der Waals surface area (Å²) in [6, 6.07) is 0. The first-order chi connectivity index (χ1) is 5.41. The van der Waals surface area contributed by atoms with E-state index in [1.807, 2.05) is 0 Å². The minimum absolute atomic E-state index is 0. The monoisotopic (exact) mass is 190 g/mol. The molecule has 0 atom stereocenters. The molecule has 0 nitrogen and oxygen atoms in total. The minimum Gasteiger partial charge on any atom is -0.147 e. The third kappa shape index (κ3) is 12.7. The molecule has 74 valence electrons. The standard InChI is InChI=1S/C11H22.ClH/c1-3-5-7-9-11-10-8-6-4-2;/h7,9H,3-6,8,10-11H2,1-2H3;1H. The third-order valence-electron chi connectivity index (χ3n) is 1.85. The van der Waals surface area contributed by atoms with Crippen molar-refractivity contribution in [2.45, 2.75) is 58.8 Å². The van der Waals surface area contributed by atoms with Gasteiger partial charge < -0.3 is 0 Å². The second kappa shape index (κ2) is 13.6. The molecule has 0 aromatic rings. The van der Waals surface area contributed by atoms with E-state index in [1.165, 1.54) is 44.9 Å². The molecule has 0 saturated heterocycles. The average Bonchev–Trinajstić information content (AvgIpc) is 2.03.